The number of carbonyl (C=O) groups is 3. The molecule has 1 fully saturated rings. The van der Waals surface area contributed by atoms with Crippen molar-refractivity contribution >= 4 is 17.8 Å². The van der Waals surface area contributed by atoms with Crippen LogP contribution in [0, 0.1) is 0 Å². The molecule has 13 heavy (non-hydrogen) atoms. The van der Waals surface area contributed by atoms with E-state index in [4.69, 9.17) is 5.11 Å². The van der Waals surface area contributed by atoms with Gasteiger partial charge >= 0.3 is 5.97 Å². The van der Waals surface area contributed by atoms with Crippen LogP contribution in [0.3, 0.4) is 0 Å². The van der Waals surface area contributed by atoms with E-state index in [0.29, 0.717) is 0 Å². The molecule has 1 rings (SSSR count). The monoisotopic (exact) mass is 186 g/mol. The van der Waals surface area contributed by atoms with Crippen molar-refractivity contribution in [2.24, 2.45) is 0 Å². The van der Waals surface area contributed by atoms with E-state index >= 15 is 0 Å². The number of imide groups is 1. The third-order valence-corrected chi connectivity index (χ3v) is 1.82. The fraction of sp³-hybridized carbons (Fsp3) is 0.571. The maximum absolute atomic E-state index is 11.1. The third kappa shape index (κ3) is 2.25. The summed E-state index contributed by atoms with van der Waals surface area (Å²) >= 11 is 0. The van der Waals surface area contributed by atoms with Gasteiger partial charge in [0, 0.05) is 7.05 Å². The zero-order chi connectivity index (χ0) is 10.0. The van der Waals surface area contributed by atoms with E-state index in [1.165, 1.54) is 11.9 Å². The zero-order valence-corrected chi connectivity index (χ0v) is 7.19. The van der Waals surface area contributed by atoms with E-state index in [1.54, 1.807) is 0 Å². The molecule has 0 atom stereocenters. The van der Waals surface area contributed by atoms with Crippen molar-refractivity contribution in [3.63, 3.8) is 0 Å². The first-order chi connectivity index (χ1) is 6.00. The molecule has 1 N–H and O–H groups in total. The highest BCUT2D eigenvalue weighted by atomic mass is 16.4. The molecule has 1 heterocycles. The lowest BCUT2D eigenvalue weighted by Gasteiger charge is -2.28. The molecule has 6 heteroatoms. The minimum absolute atomic E-state index is 0.00542. The van der Waals surface area contributed by atoms with Gasteiger partial charge in [-0.3, -0.25) is 24.2 Å². The lowest BCUT2D eigenvalue weighted by Crippen LogP contribution is -2.53. The van der Waals surface area contributed by atoms with Gasteiger partial charge in [-0.05, 0) is 0 Å². The largest absolute Gasteiger partial charge is 0.480 e. The van der Waals surface area contributed by atoms with Gasteiger partial charge in [0.2, 0.25) is 11.8 Å². The molecule has 1 aliphatic rings. The molecule has 2 amide bonds. The standard InChI is InChI=1S/C7H10N2O4/c1-8-5(10)2-9(3-6(8)11)4-7(12)13/h2-4H2,1H3,(H,12,13). The SMILES string of the molecule is CN1C(=O)CN(CC(=O)O)CC1=O. The number of hydrogen-bond donors (Lipinski definition) is 1. The van der Waals surface area contributed by atoms with E-state index in [9.17, 15) is 14.4 Å². The van der Waals surface area contributed by atoms with Gasteiger partial charge in [-0.25, -0.2) is 0 Å². The Balaban J connectivity index is 2.58. The number of carboxylic acids is 1. The summed E-state index contributed by atoms with van der Waals surface area (Å²) in [6, 6.07) is 0. The minimum Gasteiger partial charge on any atom is -0.480 e. The van der Waals surface area contributed by atoms with Crippen molar-refractivity contribution in [2.75, 3.05) is 26.7 Å². The molecule has 0 aromatic carbocycles. The number of piperazine rings is 1. The first kappa shape index (κ1) is 9.66. The molecule has 0 aliphatic carbocycles. The smallest absolute Gasteiger partial charge is 0.317 e. The highest BCUT2D eigenvalue weighted by Crippen LogP contribution is 2.01. The van der Waals surface area contributed by atoms with Crippen LogP contribution in [0.5, 0.6) is 0 Å². The van der Waals surface area contributed by atoms with Crippen LogP contribution in [0.15, 0.2) is 0 Å². The second kappa shape index (κ2) is 3.53. The Morgan fingerprint density at radius 2 is 1.85 bits per heavy atom. The van der Waals surface area contributed by atoms with Crippen LogP contribution in [0.2, 0.25) is 0 Å². The van der Waals surface area contributed by atoms with Crippen molar-refractivity contribution in [3.05, 3.63) is 0 Å². The van der Waals surface area contributed by atoms with Crippen molar-refractivity contribution in [1.29, 1.82) is 0 Å². The van der Waals surface area contributed by atoms with E-state index in [2.05, 4.69) is 0 Å². The summed E-state index contributed by atoms with van der Waals surface area (Å²) in [5, 5.41) is 8.43. The summed E-state index contributed by atoms with van der Waals surface area (Å²) in [6.45, 7) is -0.283. The molecule has 0 radical (unpaired) electrons. The van der Waals surface area contributed by atoms with Crippen LogP contribution >= 0.6 is 0 Å². The molecule has 0 aromatic heterocycles. The maximum Gasteiger partial charge on any atom is 0.317 e. The van der Waals surface area contributed by atoms with E-state index in [1.807, 2.05) is 0 Å². The molecule has 0 unspecified atom stereocenters. The zero-order valence-electron chi connectivity index (χ0n) is 7.19. The lowest BCUT2D eigenvalue weighted by atomic mass is 10.3. The highest BCUT2D eigenvalue weighted by molar-refractivity contribution is 5.99. The number of amides is 2. The molecule has 0 aromatic rings. The number of aliphatic carboxylic acids is 1. The second-order valence-electron chi connectivity index (χ2n) is 2.89. The predicted octanol–water partition coefficient (Wildman–Crippen LogP) is -1.63. The Morgan fingerprint density at radius 3 is 2.23 bits per heavy atom. The van der Waals surface area contributed by atoms with Gasteiger partial charge in [0.1, 0.15) is 0 Å². The summed E-state index contributed by atoms with van der Waals surface area (Å²) in [6.07, 6.45) is 0. The summed E-state index contributed by atoms with van der Waals surface area (Å²) in [4.78, 5) is 34.7. The van der Waals surface area contributed by atoms with Crippen LogP contribution in [-0.2, 0) is 14.4 Å². The number of likely N-dealkylation sites (N-methyl/N-ethyl adjacent to an activating group) is 1. The van der Waals surface area contributed by atoms with Gasteiger partial charge in [-0.15, -0.1) is 0 Å². The Bertz CT molecular complexity index is 245. The van der Waals surface area contributed by atoms with Crippen LogP contribution in [-0.4, -0.2) is 59.4 Å². The van der Waals surface area contributed by atoms with E-state index in [-0.39, 0.29) is 31.4 Å². The van der Waals surface area contributed by atoms with Crippen LogP contribution < -0.4 is 0 Å². The molecule has 0 saturated carbocycles. The quantitative estimate of drug-likeness (QED) is 0.524. The third-order valence-electron chi connectivity index (χ3n) is 1.82. The molecule has 0 bridgehead atoms. The number of nitrogens with zero attached hydrogens (tertiary/aromatic N) is 2. The minimum atomic E-state index is -1.04. The topological polar surface area (TPSA) is 77.9 Å². The molecule has 1 aliphatic heterocycles. The van der Waals surface area contributed by atoms with Gasteiger partial charge in [0.15, 0.2) is 0 Å². The average molecular weight is 186 g/mol. The van der Waals surface area contributed by atoms with Crippen molar-refractivity contribution in [3.8, 4) is 0 Å². The Labute approximate surface area is 74.7 Å². The fourth-order valence-corrected chi connectivity index (χ4v) is 1.09. The van der Waals surface area contributed by atoms with Crippen LogP contribution in [0.1, 0.15) is 0 Å². The number of carbonyl (C=O) groups excluding carboxylic acids is 2. The number of carboxylic acid groups (broad SMARTS) is 1. The summed E-state index contributed by atoms with van der Waals surface area (Å²) < 4.78 is 0. The Hall–Kier alpha value is -1.43. The molecular formula is C7H10N2O4. The molecule has 6 nitrogen and oxygen atoms in total. The van der Waals surface area contributed by atoms with Gasteiger partial charge in [-0.1, -0.05) is 0 Å². The molecular weight excluding hydrogens is 176 g/mol. The maximum atomic E-state index is 11.1. The molecule has 1 saturated heterocycles. The average Bonchev–Trinajstić information content (AvgIpc) is 1.98. The second-order valence-corrected chi connectivity index (χ2v) is 2.89. The number of hydrogen-bond acceptors (Lipinski definition) is 4. The lowest BCUT2D eigenvalue weighted by molar-refractivity contribution is -0.151. The normalized spacial score (nSPS) is 19.3. The van der Waals surface area contributed by atoms with Gasteiger partial charge in [0.05, 0.1) is 19.6 Å². The Morgan fingerprint density at radius 1 is 1.38 bits per heavy atom. The predicted molar refractivity (Wildman–Crippen MR) is 41.9 cm³/mol. The van der Waals surface area contributed by atoms with Crippen molar-refractivity contribution in [1.82, 2.24) is 9.80 Å². The van der Waals surface area contributed by atoms with Crippen molar-refractivity contribution < 1.29 is 19.5 Å². The van der Waals surface area contributed by atoms with Crippen molar-refractivity contribution in [2.45, 2.75) is 0 Å². The highest BCUT2D eigenvalue weighted by Gasteiger charge is 2.28. The fourth-order valence-electron chi connectivity index (χ4n) is 1.09. The first-order valence-electron chi connectivity index (χ1n) is 3.74. The van der Waals surface area contributed by atoms with E-state index in [0.717, 1.165) is 4.90 Å². The summed E-state index contributed by atoms with van der Waals surface area (Å²) in [5.74, 6) is -1.76. The van der Waals surface area contributed by atoms with E-state index < -0.39 is 5.97 Å². The number of rotatable bonds is 2. The van der Waals surface area contributed by atoms with Gasteiger partial charge in [0.25, 0.3) is 0 Å². The van der Waals surface area contributed by atoms with Gasteiger partial charge in [-0.2, -0.15) is 0 Å². The molecule has 0 spiro atoms. The summed E-state index contributed by atoms with van der Waals surface area (Å²) in [5.41, 5.74) is 0. The van der Waals surface area contributed by atoms with Gasteiger partial charge < -0.3 is 5.11 Å². The summed E-state index contributed by atoms with van der Waals surface area (Å²) in [7, 11) is 1.39. The van der Waals surface area contributed by atoms with Crippen LogP contribution in [0.4, 0.5) is 0 Å². The first-order valence-corrected chi connectivity index (χ1v) is 3.74. The molecule has 72 valence electrons. The Kier molecular flexibility index (Phi) is 2.62. The van der Waals surface area contributed by atoms with Crippen LogP contribution in [0.25, 0.3) is 0 Å².